The Hall–Kier alpha value is -2.88. The largest absolute Gasteiger partial charge is 0.382 e. The van der Waals surface area contributed by atoms with Gasteiger partial charge in [0.1, 0.15) is 5.82 Å². The maximum Gasteiger partial charge on any atom is 0.211 e. The van der Waals surface area contributed by atoms with Gasteiger partial charge in [-0.25, -0.2) is 15.0 Å². The molecule has 0 bridgehead atoms. The fourth-order valence-corrected chi connectivity index (χ4v) is 6.19. The second-order valence-corrected chi connectivity index (χ2v) is 10.1. The van der Waals surface area contributed by atoms with E-state index in [4.69, 9.17) is 29.4 Å². The number of nitrogens with zero attached hydrogens (tertiary/aromatic N) is 6. The van der Waals surface area contributed by atoms with E-state index >= 15 is 0 Å². The highest BCUT2D eigenvalue weighted by molar-refractivity contribution is 7.99. The molecule has 0 amide bonds. The van der Waals surface area contributed by atoms with Gasteiger partial charge in [-0.15, -0.1) is 0 Å². The molecule has 10 heteroatoms. The number of hydrogen-bond donors (Lipinski definition) is 2. The van der Waals surface area contributed by atoms with Crippen molar-refractivity contribution in [3.8, 4) is 0 Å². The molecule has 2 aliphatic rings. The average Bonchev–Trinajstić information content (AvgIpc) is 3.43. The molecule has 4 aromatic heterocycles. The standard InChI is InChI=1S/C23H23ClN8S/c24-18-16(3-7-28-20(18)26)33-17-13-30-22(32-11-8-29-21(17)32)31-9-4-23(5-10-31)12-15-14(19(23)25)2-1-6-27-15/h1-3,6-8,11,13,19H,4-5,9-10,12,25H2,(H2,26,28)/i1D. The lowest BCUT2D eigenvalue weighted by atomic mass is 9.73. The molecular formula is C23H23ClN8S. The van der Waals surface area contributed by atoms with Gasteiger partial charge in [-0.1, -0.05) is 29.4 Å². The summed E-state index contributed by atoms with van der Waals surface area (Å²) in [5, 5.41) is 0.434. The van der Waals surface area contributed by atoms with E-state index in [0.717, 1.165) is 65.0 Å². The Bertz CT molecular complexity index is 1400. The lowest BCUT2D eigenvalue weighted by Crippen LogP contribution is -2.45. The predicted molar refractivity (Wildman–Crippen MR) is 130 cm³/mol. The number of hydrogen-bond acceptors (Lipinski definition) is 8. The van der Waals surface area contributed by atoms with Crippen LogP contribution in [0.5, 0.6) is 0 Å². The highest BCUT2D eigenvalue weighted by Crippen LogP contribution is 2.50. The van der Waals surface area contributed by atoms with Crippen LogP contribution in [-0.4, -0.2) is 37.4 Å². The van der Waals surface area contributed by atoms with Crippen LogP contribution in [0.25, 0.3) is 5.65 Å². The third-order valence-corrected chi connectivity index (χ3v) is 8.48. The summed E-state index contributed by atoms with van der Waals surface area (Å²) < 4.78 is 9.93. The minimum Gasteiger partial charge on any atom is -0.382 e. The second kappa shape index (κ2) is 7.86. The zero-order valence-corrected chi connectivity index (χ0v) is 19.4. The van der Waals surface area contributed by atoms with E-state index in [1.54, 1.807) is 18.6 Å². The number of anilines is 2. The molecule has 1 atom stereocenters. The van der Waals surface area contributed by atoms with E-state index in [2.05, 4.69) is 19.9 Å². The van der Waals surface area contributed by atoms with Gasteiger partial charge in [-0.3, -0.25) is 9.38 Å². The summed E-state index contributed by atoms with van der Waals surface area (Å²) in [6, 6.07) is 4.05. The first-order valence-corrected chi connectivity index (χ1v) is 12.0. The molecule has 6 rings (SSSR count). The van der Waals surface area contributed by atoms with Crippen LogP contribution in [0.2, 0.25) is 5.02 Å². The van der Waals surface area contributed by atoms with E-state index in [9.17, 15) is 0 Å². The molecule has 168 valence electrons. The number of fused-ring (bicyclic) bond motifs is 2. The molecule has 0 radical (unpaired) electrons. The molecule has 4 N–H and O–H groups in total. The van der Waals surface area contributed by atoms with Crippen molar-refractivity contribution in [3.63, 3.8) is 0 Å². The highest BCUT2D eigenvalue weighted by Gasteiger charge is 2.46. The minimum absolute atomic E-state index is 0.0124. The molecule has 8 nitrogen and oxygen atoms in total. The van der Waals surface area contributed by atoms with Crippen molar-refractivity contribution in [1.82, 2.24) is 24.3 Å². The smallest absolute Gasteiger partial charge is 0.211 e. The number of imidazole rings is 1. The zero-order valence-electron chi connectivity index (χ0n) is 18.8. The Kier molecular flexibility index (Phi) is 4.66. The lowest BCUT2D eigenvalue weighted by Gasteiger charge is -2.42. The molecule has 4 aromatic rings. The van der Waals surface area contributed by atoms with E-state index in [0.29, 0.717) is 16.9 Å². The van der Waals surface area contributed by atoms with Gasteiger partial charge in [0.05, 0.1) is 11.3 Å². The minimum atomic E-state index is -0.0833. The Morgan fingerprint density at radius 1 is 1.09 bits per heavy atom. The summed E-state index contributed by atoms with van der Waals surface area (Å²) in [6.45, 7) is 1.68. The summed E-state index contributed by atoms with van der Waals surface area (Å²) in [6.07, 6.45) is 11.6. The molecule has 1 aliphatic heterocycles. The van der Waals surface area contributed by atoms with Crippen molar-refractivity contribution < 1.29 is 1.37 Å². The van der Waals surface area contributed by atoms with Crippen LogP contribution < -0.4 is 16.4 Å². The molecule has 1 unspecified atom stereocenters. The third kappa shape index (κ3) is 3.34. The van der Waals surface area contributed by atoms with Gasteiger partial charge in [0.2, 0.25) is 5.95 Å². The van der Waals surface area contributed by atoms with E-state index < -0.39 is 0 Å². The van der Waals surface area contributed by atoms with Crippen LogP contribution in [0.4, 0.5) is 11.8 Å². The Morgan fingerprint density at radius 2 is 1.94 bits per heavy atom. The first kappa shape index (κ1) is 19.6. The molecule has 0 saturated carbocycles. The number of piperidine rings is 1. The number of aromatic nitrogens is 5. The van der Waals surface area contributed by atoms with Crippen molar-refractivity contribution in [2.45, 2.75) is 35.1 Å². The zero-order chi connectivity index (χ0) is 23.4. The predicted octanol–water partition coefficient (Wildman–Crippen LogP) is 3.75. The number of nitrogen functional groups attached to an aromatic ring is 1. The summed E-state index contributed by atoms with van der Waals surface area (Å²) >= 11 is 7.82. The molecule has 1 spiro atoms. The van der Waals surface area contributed by atoms with Gasteiger partial charge in [0.15, 0.2) is 5.65 Å². The van der Waals surface area contributed by atoms with E-state index in [-0.39, 0.29) is 11.5 Å². The summed E-state index contributed by atoms with van der Waals surface area (Å²) in [5.41, 5.74) is 15.4. The van der Waals surface area contributed by atoms with Gasteiger partial charge in [0.25, 0.3) is 0 Å². The molecule has 33 heavy (non-hydrogen) atoms. The van der Waals surface area contributed by atoms with Crippen molar-refractivity contribution in [3.05, 3.63) is 65.4 Å². The van der Waals surface area contributed by atoms with Gasteiger partial charge in [-0.05, 0) is 42.3 Å². The van der Waals surface area contributed by atoms with Crippen LogP contribution in [0.1, 0.15) is 31.5 Å². The summed E-state index contributed by atoms with van der Waals surface area (Å²) in [4.78, 5) is 21.9. The Labute approximate surface area is 201 Å². The van der Waals surface area contributed by atoms with Gasteiger partial charge in [0, 0.05) is 60.7 Å². The van der Waals surface area contributed by atoms with Crippen LogP contribution >= 0.6 is 23.4 Å². The van der Waals surface area contributed by atoms with E-state index in [1.807, 2.05) is 28.9 Å². The van der Waals surface area contributed by atoms with Crippen LogP contribution in [0.15, 0.2) is 59.0 Å². The van der Waals surface area contributed by atoms with Gasteiger partial charge >= 0.3 is 0 Å². The third-order valence-electron chi connectivity index (χ3n) is 6.90. The summed E-state index contributed by atoms with van der Waals surface area (Å²) in [5.74, 6) is 1.17. The molecule has 1 aliphatic carbocycles. The average molecular weight is 480 g/mol. The van der Waals surface area contributed by atoms with E-state index in [1.165, 1.54) is 11.8 Å². The molecule has 5 heterocycles. The molecule has 0 aromatic carbocycles. The fraction of sp³-hybridized carbons (Fsp3) is 0.304. The topological polar surface area (TPSA) is 111 Å². The van der Waals surface area contributed by atoms with Crippen molar-refractivity contribution in [2.75, 3.05) is 23.7 Å². The molecule has 1 saturated heterocycles. The molecular weight excluding hydrogens is 456 g/mol. The van der Waals surface area contributed by atoms with Gasteiger partial charge in [-0.2, -0.15) is 0 Å². The van der Waals surface area contributed by atoms with Crippen LogP contribution in [0.3, 0.4) is 0 Å². The van der Waals surface area contributed by atoms with Gasteiger partial charge < -0.3 is 16.4 Å². The quantitative estimate of drug-likeness (QED) is 0.457. The fourth-order valence-electron chi connectivity index (χ4n) is 5.06. The lowest BCUT2D eigenvalue weighted by molar-refractivity contribution is 0.186. The van der Waals surface area contributed by atoms with Crippen LogP contribution in [-0.2, 0) is 6.42 Å². The number of nitrogens with two attached hydrogens (primary N) is 2. The molecule has 1 fully saturated rings. The number of halogens is 1. The van der Waals surface area contributed by atoms with Crippen molar-refractivity contribution in [1.29, 1.82) is 0 Å². The second-order valence-electron chi connectivity index (χ2n) is 8.63. The number of pyridine rings is 2. The maximum absolute atomic E-state index is 7.91. The first-order valence-electron chi connectivity index (χ1n) is 11.3. The maximum atomic E-state index is 7.91. The SMILES string of the molecule is [2H]c1cnc2c(c1)C(N)C1(CCN(c3ncc(Sc4ccnc(N)c4Cl)c4nccn34)CC1)C2. The highest BCUT2D eigenvalue weighted by atomic mass is 35.5. The Morgan fingerprint density at radius 3 is 2.79 bits per heavy atom. The normalized spacial score (nSPS) is 19.8. The monoisotopic (exact) mass is 479 g/mol. The number of rotatable bonds is 3. The van der Waals surface area contributed by atoms with Crippen molar-refractivity contribution in [2.24, 2.45) is 11.1 Å². The Balaban J connectivity index is 1.25. The summed E-state index contributed by atoms with van der Waals surface area (Å²) in [7, 11) is 0. The first-order chi connectivity index (χ1) is 16.4. The van der Waals surface area contributed by atoms with Crippen LogP contribution in [0, 0.1) is 5.41 Å². The van der Waals surface area contributed by atoms with Crippen molar-refractivity contribution >= 4 is 40.8 Å².